The summed E-state index contributed by atoms with van der Waals surface area (Å²) in [6, 6.07) is 7.89. The third kappa shape index (κ3) is 5.30. The number of amides is 1. The minimum atomic E-state index is -1.02. The number of pyridine rings is 1. The van der Waals surface area contributed by atoms with E-state index in [1.165, 1.54) is 18.4 Å². The zero-order valence-corrected chi connectivity index (χ0v) is 23.8. The first-order valence-electron chi connectivity index (χ1n) is 13.7. The van der Waals surface area contributed by atoms with Crippen molar-refractivity contribution in [3.8, 4) is 0 Å². The molecule has 0 bridgehead atoms. The van der Waals surface area contributed by atoms with Crippen molar-refractivity contribution in [2.75, 3.05) is 19.0 Å². The summed E-state index contributed by atoms with van der Waals surface area (Å²) in [6.07, 6.45) is 3.72. The Hall–Kier alpha value is -3.30. The molecule has 0 radical (unpaired) electrons. The minimum Gasteiger partial charge on any atom is -0.465 e. The van der Waals surface area contributed by atoms with Gasteiger partial charge in [-0.15, -0.1) is 11.3 Å². The average molecular weight is 550 g/mol. The van der Waals surface area contributed by atoms with E-state index in [9.17, 15) is 14.4 Å². The van der Waals surface area contributed by atoms with Crippen molar-refractivity contribution in [3.05, 3.63) is 57.1 Å². The van der Waals surface area contributed by atoms with Crippen LogP contribution in [0.2, 0.25) is 0 Å². The molecule has 8 nitrogen and oxygen atoms in total. The van der Waals surface area contributed by atoms with Crippen LogP contribution in [0.1, 0.15) is 82.4 Å². The van der Waals surface area contributed by atoms with Gasteiger partial charge in [-0.3, -0.25) is 14.7 Å². The smallest absolute Gasteiger partial charge is 0.341 e. The number of esters is 2. The highest BCUT2D eigenvalue weighted by Gasteiger charge is 2.32. The predicted molar refractivity (Wildman–Crippen MR) is 151 cm³/mol. The van der Waals surface area contributed by atoms with Gasteiger partial charge >= 0.3 is 11.9 Å². The second-order valence-electron chi connectivity index (χ2n) is 10.4. The number of aryl methyl sites for hydroxylation is 1. The second-order valence-corrected chi connectivity index (χ2v) is 11.5. The van der Waals surface area contributed by atoms with Gasteiger partial charge in [-0.1, -0.05) is 25.1 Å². The highest BCUT2D eigenvalue weighted by Crippen LogP contribution is 2.39. The first kappa shape index (κ1) is 27.3. The van der Waals surface area contributed by atoms with Crippen LogP contribution in [0.4, 0.5) is 5.00 Å². The highest BCUT2D eigenvalue weighted by atomic mass is 32.1. The molecule has 5 rings (SSSR count). The van der Waals surface area contributed by atoms with Crippen molar-refractivity contribution >= 4 is 45.1 Å². The summed E-state index contributed by atoms with van der Waals surface area (Å²) in [5, 5.41) is 4.08. The lowest BCUT2D eigenvalue weighted by Gasteiger charge is -2.32. The number of para-hydroxylation sites is 1. The van der Waals surface area contributed by atoms with Gasteiger partial charge in [0.05, 0.1) is 23.8 Å². The predicted octanol–water partition coefficient (Wildman–Crippen LogP) is 5.30. The topological polar surface area (TPSA) is 97.8 Å². The summed E-state index contributed by atoms with van der Waals surface area (Å²) in [7, 11) is 1.34. The molecule has 1 unspecified atom stereocenters. The fraction of sp³-hybridized carbons (Fsp3) is 0.467. The normalized spacial score (nSPS) is 15.9. The number of rotatable bonds is 7. The zero-order valence-electron chi connectivity index (χ0n) is 23.0. The summed E-state index contributed by atoms with van der Waals surface area (Å²) < 4.78 is 10.9. The molecule has 1 atom stereocenters. The molecule has 1 aromatic carbocycles. The maximum absolute atomic E-state index is 13.8. The molecule has 0 saturated heterocycles. The quantitative estimate of drug-likeness (QED) is 0.399. The van der Waals surface area contributed by atoms with Crippen molar-refractivity contribution < 1.29 is 23.9 Å². The van der Waals surface area contributed by atoms with Crippen molar-refractivity contribution in [2.24, 2.45) is 0 Å². The van der Waals surface area contributed by atoms with Gasteiger partial charge in [0.15, 0.2) is 6.10 Å². The molecule has 2 aliphatic rings. The molecular weight excluding hydrogens is 514 g/mol. The molecule has 1 N–H and O–H groups in total. The summed E-state index contributed by atoms with van der Waals surface area (Å²) in [4.78, 5) is 48.1. The van der Waals surface area contributed by atoms with E-state index < -0.39 is 23.9 Å². The maximum Gasteiger partial charge on any atom is 0.341 e. The van der Waals surface area contributed by atoms with Gasteiger partial charge in [-0.2, -0.15) is 0 Å². The Morgan fingerprint density at radius 1 is 1.05 bits per heavy atom. The van der Waals surface area contributed by atoms with Crippen LogP contribution >= 0.6 is 11.3 Å². The Balaban J connectivity index is 1.44. The highest BCUT2D eigenvalue weighted by molar-refractivity contribution is 7.17. The van der Waals surface area contributed by atoms with Crippen LogP contribution in [0.25, 0.3) is 10.9 Å². The van der Waals surface area contributed by atoms with E-state index in [4.69, 9.17) is 14.5 Å². The van der Waals surface area contributed by atoms with Gasteiger partial charge in [0.25, 0.3) is 5.91 Å². The van der Waals surface area contributed by atoms with Crippen molar-refractivity contribution in [1.29, 1.82) is 0 Å². The number of hydrogen-bond acceptors (Lipinski definition) is 8. The van der Waals surface area contributed by atoms with E-state index >= 15 is 0 Å². The Kier molecular flexibility index (Phi) is 8.00. The van der Waals surface area contributed by atoms with Gasteiger partial charge in [-0.25, -0.2) is 9.59 Å². The molecule has 206 valence electrons. The number of nitrogens with zero attached hydrogens (tertiary/aromatic N) is 2. The van der Waals surface area contributed by atoms with Crippen molar-refractivity contribution in [2.45, 2.75) is 78.0 Å². The molecule has 0 spiro atoms. The van der Waals surface area contributed by atoms with Crippen LogP contribution in [0.5, 0.6) is 0 Å². The Morgan fingerprint density at radius 2 is 1.82 bits per heavy atom. The number of ether oxygens (including phenoxy) is 2. The van der Waals surface area contributed by atoms with Crippen molar-refractivity contribution in [1.82, 2.24) is 9.88 Å². The fourth-order valence-corrected chi connectivity index (χ4v) is 6.84. The number of nitrogens with one attached hydrogen (secondary N) is 1. The number of methoxy groups -OCH3 is 1. The van der Waals surface area contributed by atoms with Crippen molar-refractivity contribution in [3.63, 3.8) is 0 Å². The number of carbonyl (C=O) groups excluding carboxylic acids is 3. The van der Waals surface area contributed by atoms with Crippen LogP contribution in [0.3, 0.4) is 0 Å². The molecule has 1 aliphatic heterocycles. The van der Waals surface area contributed by atoms with Gasteiger partial charge in [0.1, 0.15) is 5.00 Å². The number of carbonyl (C=O) groups is 3. The first-order chi connectivity index (χ1) is 18.8. The molecule has 3 aromatic rings. The Bertz CT molecular complexity index is 1430. The maximum atomic E-state index is 13.8. The molecule has 9 heteroatoms. The first-order valence-corrected chi connectivity index (χ1v) is 14.5. The molecule has 2 aromatic heterocycles. The average Bonchev–Trinajstić information content (AvgIpc) is 3.31. The molecule has 39 heavy (non-hydrogen) atoms. The molecule has 0 fully saturated rings. The SMILES string of the molecule is CCC(OC(=O)c1c2c(nc3ccccc13)CCN(C(C)C)C2)C(=O)Nc1sc2c(c1C(=O)OC)CCCC2. The van der Waals surface area contributed by atoms with E-state index in [-0.39, 0.29) is 0 Å². The van der Waals surface area contributed by atoms with E-state index in [0.717, 1.165) is 71.2 Å². The van der Waals surface area contributed by atoms with Crippen LogP contribution in [0.15, 0.2) is 24.3 Å². The number of thiophene rings is 1. The standard InChI is InChI=1S/C30H35N3O5S/c1-5-23(27(34)32-28-26(29(35)37-4)19-11-7-9-13-24(19)39-28)38-30(36)25-18-10-6-8-12-21(18)31-22-14-15-33(17(2)3)16-20(22)25/h6,8,10,12,17,23H,5,7,9,11,13-16H2,1-4H3,(H,32,34). The van der Waals surface area contributed by atoms with Crippen LogP contribution in [-0.4, -0.2) is 53.5 Å². The Labute approximate surface area is 232 Å². The van der Waals surface area contributed by atoms with Crippen LogP contribution in [-0.2, 0) is 40.1 Å². The number of benzene rings is 1. The lowest BCUT2D eigenvalue weighted by molar-refractivity contribution is -0.124. The number of anilines is 1. The van der Waals surface area contributed by atoms with E-state index in [1.807, 2.05) is 24.3 Å². The van der Waals surface area contributed by atoms with Crippen LogP contribution < -0.4 is 5.32 Å². The number of fused-ring (bicyclic) bond motifs is 3. The monoisotopic (exact) mass is 549 g/mol. The van der Waals surface area contributed by atoms with E-state index in [2.05, 4.69) is 24.1 Å². The molecular formula is C30H35N3O5S. The fourth-order valence-electron chi connectivity index (χ4n) is 5.56. The van der Waals surface area contributed by atoms with Gasteiger partial charge in [0, 0.05) is 47.1 Å². The van der Waals surface area contributed by atoms with Gasteiger partial charge in [0.2, 0.25) is 0 Å². The third-order valence-corrected chi connectivity index (χ3v) is 8.93. The lowest BCUT2D eigenvalue weighted by Crippen LogP contribution is -2.38. The van der Waals surface area contributed by atoms with Gasteiger partial charge in [-0.05, 0) is 57.6 Å². The Morgan fingerprint density at radius 3 is 2.56 bits per heavy atom. The number of aromatic nitrogens is 1. The van der Waals surface area contributed by atoms with Crippen LogP contribution in [0, 0.1) is 0 Å². The summed E-state index contributed by atoms with van der Waals surface area (Å²) >= 11 is 1.41. The van der Waals surface area contributed by atoms with Gasteiger partial charge < -0.3 is 14.8 Å². The molecule has 1 amide bonds. The molecule has 1 aliphatic carbocycles. The minimum absolute atomic E-state index is 0.291. The summed E-state index contributed by atoms with van der Waals surface area (Å²) in [5.41, 5.74) is 4.38. The summed E-state index contributed by atoms with van der Waals surface area (Å²) in [5.74, 6) is -1.44. The lowest BCUT2D eigenvalue weighted by atomic mass is 9.95. The van der Waals surface area contributed by atoms with E-state index in [1.54, 1.807) is 6.92 Å². The third-order valence-electron chi connectivity index (χ3n) is 7.72. The summed E-state index contributed by atoms with van der Waals surface area (Å²) in [6.45, 7) is 7.55. The largest absolute Gasteiger partial charge is 0.465 e. The second kappa shape index (κ2) is 11.4. The molecule has 0 saturated carbocycles. The zero-order chi connectivity index (χ0) is 27.7. The number of hydrogen-bond donors (Lipinski definition) is 1. The van der Waals surface area contributed by atoms with E-state index in [0.29, 0.717) is 35.1 Å². The molecule has 3 heterocycles.